The van der Waals surface area contributed by atoms with Crippen molar-refractivity contribution in [3.63, 3.8) is 0 Å². The van der Waals surface area contributed by atoms with Crippen LogP contribution >= 0.6 is 11.6 Å². The summed E-state index contributed by atoms with van der Waals surface area (Å²) in [5.74, 6) is -0.486. The van der Waals surface area contributed by atoms with Gasteiger partial charge in [0.1, 0.15) is 0 Å². The minimum Gasteiger partial charge on any atom is -0.345 e. The van der Waals surface area contributed by atoms with Crippen LogP contribution in [0.5, 0.6) is 0 Å². The molecule has 0 aliphatic rings. The second kappa shape index (κ2) is 9.39. The van der Waals surface area contributed by atoms with Crippen LogP contribution in [0.2, 0.25) is 5.02 Å². The van der Waals surface area contributed by atoms with Crippen LogP contribution in [0.25, 0.3) is 0 Å². The average Bonchev–Trinajstić information content (AvgIpc) is 2.71. The number of nitrogens with one attached hydrogen (secondary N) is 2. The van der Waals surface area contributed by atoms with Crippen molar-refractivity contribution in [3.8, 4) is 0 Å². The van der Waals surface area contributed by atoms with Gasteiger partial charge < -0.3 is 10.6 Å². The maximum Gasteiger partial charge on any atom is 0.253 e. The Morgan fingerprint density at radius 1 is 0.862 bits per heavy atom. The van der Waals surface area contributed by atoms with Crippen LogP contribution in [-0.2, 0) is 4.79 Å². The van der Waals surface area contributed by atoms with Gasteiger partial charge in [0.2, 0.25) is 5.91 Å². The smallest absolute Gasteiger partial charge is 0.253 e. The Kier molecular flexibility index (Phi) is 6.68. The zero-order valence-corrected chi connectivity index (χ0v) is 17.2. The van der Waals surface area contributed by atoms with Gasteiger partial charge in [0, 0.05) is 5.69 Å². The van der Waals surface area contributed by atoms with E-state index in [0.29, 0.717) is 10.6 Å². The first-order chi connectivity index (χ1) is 14.0. The summed E-state index contributed by atoms with van der Waals surface area (Å²) in [5, 5.41) is 6.31. The molecule has 0 saturated carbocycles. The number of halogens is 1. The third-order valence-corrected chi connectivity index (χ3v) is 5.09. The van der Waals surface area contributed by atoms with Crippen molar-refractivity contribution >= 4 is 29.1 Å². The molecule has 148 valence electrons. The minimum absolute atomic E-state index is 0.105. The number of carbonyl (C=O) groups is 2. The SMILES string of the molecule is Cc1cccc(C)c1NC(=O)CC(NC(=O)c1ccccc1Cl)c1ccccc1. The van der Waals surface area contributed by atoms with Crippen molar-refractivity contribution in [1.29, 1.82) is 0 Å². The fourth-order valence-corrected chi connectivity index (χ4v) is 3.43. The summed E-state index contributed by atoms with van der Waals surface area (Å²) in [4.78, 5) is 25.6. The molecule has 0 aromatic heterocycles. The first-order valence-electron chi connectivity index (χ1n) is 9.42. The summed E-state index contributed by atoms with van der Waals surface area (Å²) >= 11 is 6.16. The Bertz CT molecular complexity index is 998. The van der Waals surface area contributed by atoms with Crippen LogP contribution in [0.15, 0.2) is 72.8 Å². The second-order valence-corrected chi connectivity index (χ2v) is 7.34. The Morgan fingerprint density at radius 3 is 2.14 bits per heavy atom. The molecule has 0 spiro atoms. The first kappa shape index (κ1) is 20.6. The predicted octanol–water partition coefficient (Wildman–Crippen LogP) is 5.46. The van der Waals surface area contributed by atoms with Crippen molar-refractivity contribution < 1.29 is 9.59 Å². The van der Waals surface area contributed by atoms with Crippen molar-refractivity contribution in [3.05, 3.63) is 100 Å². The first-order valence-corrected chi connectivity index (χ1v) is 9.80. The van der Waals surface area contributed by atoms with Crippen LogP contribution in [0.1, 0.15) is 39.5 Å². The van der Waals surface area contributed by atoms with Gasteiger partial charge in [-0.3, -0.25) is 9.59 Å². The molecular formula is C24H23ClN2O2. The quantitative estimate of drug-likeness (QED) is 0.571. The van der Waals surface area contributed by atoms with E-state index in [-0.39, 0.29) is 18.2 Å². The van der Waals surface area contributed by atoms with Gasteiger partial charge in [0.25, 0.3) is 5.91 Å². The molecule has 0 bridgehead atoms. The van der Waals surface area contributed by atoms with Gasteiger partial charge in [-0.05, 0) is 42.7 Å². The topological polar surface area (TPSA) is 58.2 Å². The molecule has 5 heteroatoms. The number of hydrogen-bond donors (Lipinski definition) is 2. The molecule has 3 rings (SSSR count). The molecule has 1 unspecified atom stereocenters. The minimum atomic E-state index is -0.482. The highest BCUT2D eigenvalue weighted by molar-refractivity contribution is 6.33. The molecule has 0 heterocycles. The van der Waals surface area contributed by atoms with E-state index < -0.39 is 6.04 Å². The van der Waals surface area contributed by atoms with Crippen molar-refractivity contribution in [2.24, 2.45) is 0 Å². The summed E-state index contributed by atoms with van der Waals surface area (Å²) in [6.45, 7) is 3.91. The molecule has 0 aliphatic carbocycles. The maximum atomic E-state index is 12.8. The average molecular weight is 407 g/mol. The lowest BCUT2D eigenvalue weighted by molar-refractivity contribution is -0.116. The highest BCUT2D eigenvalue weighted by atomic mass is 35.5. The zero-order chi connectivity index (χ0) is 20.8. The highest BCUT2D eigenvalue weighted by Gasteiger charge is 2.21. The number of carbonyl (C=O) groups excluding carboxylic acids is 2. The Balaban J connectivity index is 1.80. The van der Waals surface area contributed by atoms with Gasteiger partial charge >= 0.3 is 0 Å². The van der Waals surface area contributed by atoms with E-state index in [0.717, 1.165) is 22.4 Å². The standard InChI is InChI=1S/C24H23ClN2O2/c1-16-9-8-10-17(2)23(16)27-22(28)15-21(18-11-4-3-5-12-18)26-24(29)19-13-6-7-14-20(19)25/h3-14,21H,15H2,1-2H3,(H,26,29)(H,27,28). The molecule has 3 aromatic carbocycles. The summed E-state index contributed by atoms with van der Waals surface area (Å²) < 4.78 is 0. The maximum absolute atomic E-state index is 12.8. The lowest BCUT2D eigenvalue weighted by Gasteiger charge is -2.20. The van der Waals surface area contributed by atoms with Crippen molar-refractivity contribution in [2.45, 2.75) is 26.3 Å². The van der Waals surface area contributed by atoms with Crippen molar-refractivity contribution in [2.75, 3.05) is 5.32 Å². The third-order valence-electron chi connectivity index (χ3n) is 4.76. The third kappa shape index (κ3) is 5.24. The van der Waals surface area contributed by atoms with Gasteiger partial charge in [0.05, 0.1) is 23.0 Å². The van der Waals surface area contributed by atoms with Gasteiger partial charge in [0.15, 0.2) is 0 Å². The number of benzene rings is 3. The summed E-state index contributed by atoms with van der Waals surface area (Å²) in [6.07, 6.45) is 0.105. The Labute approximate surface area is 175 Å². The van der Waals surface area contributed by atoms with E-state index in [2.05, 4.69) is 10.6 Å². The van der Waals surface area contributed by atoms with Gasteiger partial charge in [-0.2, -0.15) is 0 Å². The molecule has 4 nitrogen and oxygen atoms in total. The molecule has 0 aliphatic heterocycles. The highest BCUT2D eigenvalue weighted by Crippen LogP contribution is 2.23. The molecular weight excluding hydrogens is 384 g/mol. The lowest BCUT2D eigenvalue weighted by atomic mass is 10.0. The number of aryl methyl sites for hydroxylation is 2. The normalized spacial score (nSPS) is 11.6. The van der Waals surface area contributed by atoms with E-state index in [9.17, 15) is 9.59 Å². The monoisotopic (exact) mass is 406 g/mol. The molecule has 0 radical (unpaired) electrons. The molecule has 0 saturated heterocycles. The van der Waals surface area contributed by atoms with Crippen LogP contribution in [0.4, 0.5) is 5.69 Å². The summed E-state index contributed by atoms with van der Waals surface area (Å²) in [6, 6.07) is 21.7. The Morgan fingerprint density at radius 2 is 1.48 bits per heavy atom. The zero-order valence-electron chi connectivity index (χ0n) is 16.4. The van der Waals surface area contributed by atoms with E-state index in [1.807, 2.05) is 62.4 Å². The molecule has 3 aromatic rings. The van der Waals surface area contributed by atoms with Gasteiger partial charge in [-0.1, -0.05) is 72.3 Å². The van der Waals surface area contributed by atoms with Crippen molar-refractivity contribution in [1.82, 2.24) is 5.32 Å². The molecule has 2 N–H and O–H groups in total. The predicted molar refractivity (Wildman–Crippen MR) is 117 cm³/mol. The largest absolute Gasteiger partial charge is 0.345 e. The number of amides is 2. The fourth-order valence-electron chi connectivity index (χ4n) is 3.21. The summed E-state index contributed by atoms with van der Waals surface area (Å²) in [5.41, 5.74) is 4.03. The van der Waals surface area contributed by atoms with Crippen LogP contribution in [-0.4, -0.2) is 11.8 Å². The van der Waals surface area contributed by atoms with Gasteiger partial charge in [-0.25, -0.2) is 0 Å². The van der Waals surface area contributed by atoms with E-state index in [1.165, 1.54) is 0 Å². The van der Waals surface area contributed by atoms with E-state index >= 15 is 0 Å². The lowest BCUT2D eigenvalue weighted by Crippen LogP contribution is -2.32. The number of hydrogen-bond acceptors (Lipinski definition) is 2. The van der Waals surface area contributed by atoms with E-state index in [1.54, 1.807) is 24.3 Å². The number of anilines is 1. The van der Waals surface area contributed by atoms with Crippen LogP contribution in [0.3, 0.4) is 0 Å². The fraction of sp³-hybridized carbons (Fsp3) is 0.167. The number of para-hydroxylation sites is 1. The molecule has 29 heavy (non-hydrogen) atoms. The van der Waals surface area contributed by atoms with E-state index in [4.69, 9.17) is 11.6 Å². The summed E-state index contributed by atoms with van der Waals surface area (Å²) in [7, 11) is 0. The van der Waals surface area contributed by atoms with Gasteiger partial charge in [-0.15, -0.1) is 0 Å². The van der Waals surface area contributed by atoms with Crippen LogP contribution in [0, 0.1) is 13.8 Å². The second-order valence-electron chi connectivity index (χ2n) is 6.94. The molecule has 2 amide bonds. The van der Waals surface area contributed by atoms with Crippen LogP contribution < -0.4 is 10.6 Å². The molecule has 1 atom stereocenters. The Hall–Kier alpha value is -3.11. The molecule has 0 fully saturated rings. The number of rotatable bonds is 6.